The molecule has 0 bridgehead atoms. The highest BCUT2D eigenvalue weighted by Gasteiger charge is 2.23. The first-order valence-corrected chi connectivity index (χ1v) is 8.81. The third-order valence-corrected chi connectivity index (χ3v) is 3.89. The molecule has 0 fully saturated rings. The molecule has 9 nitrogen and oxygen atoms in total. The molecule has 0 saturated carbocycles. The van der Waals surface area contributed by atoms with Crippen LogP contribution in [-0.4, -0.2) is 52.4 Å². The van der Waals surface area contributed by atoms with Gasteiger partial charge in [0.15, 0.2) is 11.4 Å². The minimum absolute atomic E-state index is 0.0242. The molecule has 0 radical (unpaired) electrons. The first-order valence-electron chi connectivity index (χ1n) is 8.81. The maximum atomic E-state index is 12.4. The number of hydrogen-bond donors (Lipinski definition) is 3. The Bertz CT molecular complexity index is 832. The van der Waals surface area contributed by atoms with Crippen LogP contribution in [0.2, 0.25) is 0 Å². The van der Waals surface area contributed by atoms with Gasteiger partial charge in [-0.3, -0.25) is 9.59 Å². The summed E-state index contributed by atoms with van der Waals surface area (Å²) in [6.45, 7) is 3.35. The van der Waals surface area contributed by atoms with Crippen molar-refractivity contribution in [2.75, 3.05) is 13.7 Å². The van der Waals surface area contributed by atoms with Crippen LogP contribution in [0.1, 0.15) is 30.8 Å². The first-order chi connectivity index (χ1) is 13.3. The van der Waals surface area contributed by atoms with Gasteiger partial charge in [-0.1, -0.05) is 32.0 Å². The monoisotopic (exact) mass is 388 g/mol. The van der Waals surface area contributed by atoms with E-state index in [9.17, 15) is 19.5 Å². The Morgan fingerprint density at radius 1 is 1.21 bits per heavy atom. The zero-order valence-corrected chi connectivity index (χ0v) is 16.0. The largest absolute Gasteiger partial charge is 0.493 e. The third-order valence-electron chi connectivity index (χ3n) is 3.89. The molecule has 1 aromatic heterocycles. The summed E-state index contributed by atoms with van der Waals surface area (Å²) in [6, 6.07) is 8.18. The molecule has 1 aromatic carbocycles. The number of rotatable bonds is 9. The number of nitrogens with one attached hydrogen (secondary N) is 2. The molecular weight excluding hydrogens is 364 g/mol. The van der Waals surface area contributed by atoms with Gasteiger partial charge in [-0.15, -0.1) is 0 Å². The van der Waals surface area contributed by atoms with Crippen LogP contribution in [0, 0.1) is 5.92 Å². The molecule has 2 rings (SSSR count). The van der Waals surface area contributed by atoms with Gasteiger partial charge in [0.1, 0.15) is 6.04 Å². The molecule has 3 N–H and O–H groups in total. The molecule has 0 aliphatic heterocycles. The number of hydrogen-bond acceptors (Lipinski definition) is 5. The SMILES string of the molecule is COc1cn(-c2ccccc2)nc1C(=O)NCC(=O)N[C@@H](CC(C)C)C(=O)O. The Morgan fingerprint density at radius 3 is 2.46 bits per heavy atom. The van der Waals surface area contributed by atoms with E-state index in [2.05, 4.69) is 15.7 Å². The lowest BCUT2D eigenvalue weighted by atomic mass is 10.0. The van der Waals surface area contributed by atoms with Crippen LogP contribution in [0.3, 0.4) is 0 Å². The van der Waals surface area contributed by atoms with Crippen LogP contribution in [-0.2, 0) is 9.59 Å². The van der Waals surface area contributed by atoms with E-state index in [4.69, 9.17) is 4.74 Å². The smallest absolute Gasteiger partial charge is 0.326 e. The van der Waals surface area contributed by atoms with Gasteiger partial charge in [0.05, 0.1) is 25.5 Å². The molecule has 150 valence electrons. The van der Waals surface area contributed by atoms with Gasteiger partial charge in [0.25, 0.3) is 5.91 Å². The number of amides is 2. The summed E-state index contributed by atoms with van der Waals surface area (Å²) in [5, 5.41) is 18.2. The number of carboxylic acids is 1. The van der Waals surface area contributed by atoms with Gasteiger partial charge in [-0.2, -0.15) is 5.10 Å². The van der Waals surface area contributed by atoms with Crippen molar-refractivity contribution >= 4 is 17.8 Å². The van der Waals surface area contributed by atoms with Crippen LogP contribution in [0.5, 0.6) is 5.75 Å². The number of methoxy groups -OCH3 is 1. The number of para-hydroxylation sites is 1. The van der Waals surface area contributed by atoms with Gasteiger partial charge >= 0.3 is 5.97 Å². The van der Waals surface area contributed by atoms with Gasteiger partial charge in [0, 0.05) is 0 Å². The summed E-state index contributed by atoms with van der Waals surface area (Å²) in [5.41, 5.74) is 0.770. The Kier molecular flexibility index (Phi) is 7.14. The topological polar surface area (TPSA) is 123 Å². The molecule has 1 atom stereocenters. The van der Waals surface area contributed by atoms with Crippen molar-refractivity contribution in [3.63, 3.8) is 0 Å². The standard InChI is InChI=1S/C19H24N4O5/c1-12(2)9-14(19(26)27)21-16(24)10-20-18(25)17-15(28-3)11-23(22-17)13-7-5-4-6-8-13/h4-8,11-12,14H,9-10H2,1-3H3,(H,20,25)(H,21,24)(H,26,27)/t14-/m0/s1. The second-order valence-electron chi connectivity index (χ2n) is 6.60. The Morgan fingerprint density at radius 2 is 1.89 bits per heavy atom. The number of aliphatic carboxylic acids is 1. The molecule has 2 amide bonds. The fraction of sp³-hybridized carbons (Fsp3) is 0.368. The lowest BCUT2D eigenvalue weighted by Crippen LogP contribution is -2.46. The quantitative estimate of drug-likeness (QED) is 0.594. The van der Waals surface area contributed by atoms with E-state index in [0.717, 1.165) is 5.69 Å². The molecule has 1 heterocycles. The van der Waals surface area contributed by atoms with Gasteiger partial charge in [-0.25, -0.2) is 9.48 Å². The van der Waals surface area contributed by atoms with Crippen LogP contribution in [0.4, 0.5) is 0 Å². The lowest BCUT2D eigenvalue weighted by molar-refractivity contribution is -0.142. The van der Waals surface area contributed by atoms with Crippen molar-refractivity contribution in [1.29, 1.82) is 0 Å². The number of aromatic nitrogens is 2. The van der Waals surface area contributed by atoms with E-state index in [1.807, 2.05) is 44.2 Å². The third kappa shape index (κ3) is 5.57. The average Bonchev–Trinajstić information content (AvgIpc) is 3.10. The molecule has 28 heavy (non-hydrogen) atoms. The van der Waals surface area contributed by atoms with Crippen molar-refractivity contribution in [1.82, 2.24) is 20.4 Å². The number of ether oxygens (including phenoxy) is 1. The van der Waals surface area contributed by atoms with Crippen LogP contribution < -0.4 is 15.4 Å². The van der Waals surface area contributed by atoms with Crippen molar-refractivity contribution in [3.05, 3.63) is 42.2 Å². The summed E-state index contributed by atoms with van der Waals surface area (Å²) in [4.78, 5) is 35.6. The molecule has 0 unspecified atom stereocenters. The van der Waals surface area contributed by atoms with E-state index in [1.165, 1.54) is 11.8 Å². The number of carbonyl (C=O) groups excluding carboxylic acids is 2. The highest BCUT2D eigenvalue weighted by atomic mass is 16.5. The number of nitrogens with zero attached hydrogens (tertiary/aromatic N) is 2. The first kappa shape index (κ1) is 20.9. The normalized spacial score (nSPS) is 11.7. The molecular formula is C19H24N4O5. The molecule has 2 aromatic rings. The summed E-state index contributed by atoms with van der Waals surface area (Å²) in [6.07, 6.45) is 1.86. The fourth-order valence-electron chi connectivity index (χ4n) is 2.56. The van der Waals surface area contributed by atoms with Crippen molar-refractivity contribution in [2.45, 2.75) is 26.3 Å². The Balaban J connectivity index is 2.02. The predicted octanol–water partition coefficient (Wildman–Crippen LogP) is 1.23. The van der Waals surface area contributed by atoms with E-state index in [1.54, 1.807) is 6.20 Å². The average molecular weight is 388 g/mol. The van der Waals surface area contributed by atoms with Crippen LogP contribution in [0.25, 0.3) is 5.69 Å². The maximum Gasteiger partial charge on any atom is 0.326 e. The molecule has 0 aliphatic rings. The number of carbonyl (C=O) groups is 3. The molecule has 0 saturated heterocycles. The summed E-state index contributed by atoms with van der Waals surface area (Å²) in [5.74, 6) is -1.95. The Hall–Kier alpha value is -3.36. The fourth-order valence-corrected chi connectivity index (χ4v) is 2.56. The van der Waals surface area contributed by atoms with Crippen molar-refractivity contribution in [2.24, 2.45) is 5.92 Å². The predicted molar refractivity (Wildman–Crippen MR) is 101 cm³/mol. The van der Waals surface area contributed by atoms with E-state index >= 15 is 0 Å². The van der Waals surface area contributed by atoms with Crippen molar-refractivity contribution < 1.29 is 24.2 Å². The summed E-state index contributed by atoms with van der Waals surface area (Å²) in [7, 11) is 1.42. The molecule has 0 spiro atoms. The zero-order valence-electron chi connectivity index (χ0n) is 16.0. The maximum absolute atomic E-state index is 12.4. The number of benzene rings is 1. The van der Waals surface area contributed by atoms with Gasteiger partial charge in [-0.05, 0) is 24.5 Å². The van der Waals surface area contributed by atoms with Gasteiger partial charge in [0.2, 0.25) is 5.91 Å². The zero-order chi connectivity index (χ0) is 20.7. The highest BCUT2D eigenvalue weighted by molar-refractivity contribution is 5.97. The van der Waals surface area contributed by atoms with E-state index in [0.29, 0.717) is 6.42 Å². The van der Waals surface area contributed by atoms with Crippen LogP contribution in [0.15, 0.2) is 36.5 Å². The Labute approximate surface area is 162 Å². The van der Waals surface area contributed by atoms with E-state index < -0.39 is 23.8 Å². The van der Waals surface area contributed by atoms with Crippen molar-refractivity contribution in [3.8, 4) is 11.4 Å². The minimum Gasteiger partial charge on any atom is -0.493 e. The summed E-state index contributed by atoms with van der Waals surface area (Å²) < 4.78 is 6.69. The summed E-state index contributed by atoms with van der Waals surface area (Å²) >= 11 is 0. The number of carboxylic acid groups (broad SMARTS) is 1. The molecule has 9 heteroatoms. The molecule has 0 aliphatic carbocycles. The minimum atomic E-state index is -1.11. The van der Waals surface area contributed by atoms with E-state index in [-0.39, 0.29) is 23.9 Å². The second-order valence-corrected chi connectivity index (χ2v) is 6.60. The van der Waals surface area contributed by atoms with Crippen LogP contribution >= 0.6 is 0 Å². The highest BCUT2D eigenvalue weighted by Crippen LogP contribution is 2.19. The lowest BCUT2D eigenvalue weighted by Gasteiger charge is -2.16. The van der Waals surface area contributed by atoms with Gasteiger partial charge < -0.3 is 20.5 Å². The second kappa shape index (κ2) is 9.54.